The van der Waals surface area contributed by atoms with Crippen LogP contribution in [0.3, 0.4) is 0 Å². The van der Waals surface area contributed by atoms with Crippen LogP contribution in [0.5, 0.6) is 11.5 Å². The van der Waals surface area contributed by atoms with Gasteiger partial charge in [0, 0.05) is 6.07 Å². The Bertz CT molecular complexity index is 793. The third kappa shape index (κ3) is 4.52. The molecule has 2 rings (SSSR count). The van der Waals surface area contributed by atoms with Crippen LogP contribution in [-0.4, -0.2) is 24.0 Å². The summed E-state index contributed by atoms with van der Waals surface area (Å²) in [6.07, 6.45) is -0.983. The molecule has 2 aromatic carbocycles. The summed E-state index contributed by atoms with van der Waals surface area (Å²) in [4.78, 5) is 22.6. The number of nitro groups is 1. The highest BCUT2D eigenvalue weighted by atomic mass is 35.5. The molecule has 0 fully saturated rings. The summed E-state index contributed by atoms with van der Waals surface area (Å²) in [6.45, 7) is 1.48. The van der Waals surface area contributed by atoms with Gasteiger partial charge in [0.25, 0.3) is 11.6 Å². The minimum atomic E-state index is -0.983. The molecule has 25 heavy (non-hydrogen) atoms. The van der Waals surface area contributed by atoms with Gasteiger partial charge in [0.15, 0.2) is 17.6 Å². The number of non-ortho nitro benzene ring substituents is 1. The summed E-state index contributed by atoms with van der Waals surface area (Å²) in [5, 5.41) is 14.0. The Morgan fingerprint density at radius 3 is 2.40 bits per heavy atom. The van der Waals surface area contributed by atoms with Crippen molar-refractivity contribution < 1.29 is 19.2 Å². The lowest BCUT2D eigenvalue weighted by Crippen LogP contribution is -2.30. The molecule has 0 aliphatic rings. The first kappa shape index (κ1) is 18.8. The van der Waals surface area contributed by atoms with Crippen LogP contribution in [0.15, 0.2) is 36.4 Å². The van der Waals surface area contributed by atoms with Gasteiger partial charge in [-0.05, 0) is 25.1 Å². The zero-order chi connectivity index (χ0) is 18.6. The maximum Gasteiger partial charge on any atom is 0.273 e. The summed E-state index contributed by atoms with van der Waals surface area (Å²) >= 11 is 12.0. The second kappa shape index (κ2) is 8.04. The highest BCUT2D eigenvalue weighted by Gasteiger charge is 2.21. The standard InChI is InChI=1S/C16H14Cl2N2O5/c1-9(16(21)19-15-11(17)4-3-5-12(15)18)25-14-8-10(20(22)23)6-7-13(14)24-2/h3-9H,1-2H3,(H,19,21)/t9-/m1/s1. The number of hydrogen-bond donors (Lipinski definition) is 1. The summed E-state index contributed by atoms with van der Waals surface area (Å²) in [5.41, 5.74) is 0.0786. The van der Waals surface area contributed by atoms with Crippen molar-refractivity contribution in [2.45, 2.75) is 13.0 Å². The van der Waals surface area contributed by atoms with Gasteiger partial charge in [-0.1, -0.05) is 29.3 Å². The van der Waals surface area contributed by atoms with Gasteiger partial charge in [0.05, 0.1) is 33.8 Å². The van der Waals surface area contributed by atoms with E-state index in [2.05, 4.69) is 5.32 Å². The van der Waals surface area contributed by atoms with Crippen LogP contribution >= 0.6 is 23.2 Å². The Labute approximate surface area is 153 Å². The van der Waals surface area contributed by atoms with Crippen molar-refractivity contribution in [2.24, 2.45) is 0 Å². The lowest BCUT2D eigenvalue weighted by Gasteiger charge is -2.17. The van der Waals surface area contributed by atoms with E-state index >= 15 is 0 Å². The fourth-order valence-corrected chi connectivity index (χ4v) is 2.45. The van der Waals surface area contributed by atoms with Crippen molar-refractivity contribution in [3.05, 3.63) is 56.6 Å². The molecule has 7 nitrogen and oxygen atoms in total. The van der Waals surface area contributed by atoms with Crippen molar-refractivity contribution in [3.63, 3.8) is 0 Å². The van der Waals surface area contributed by atoms with Gasteiger partial charge in [-0.3, -0.25) is 14.9 Å². The molecule has 1 N–H and O–H groups in total. The van der Waals surface area contributed by atoms with Crippen LogP contribution < -0.4 is 14.8 Å². The van der Waals surface area contributed by atoms with Crippen molar-refractivity contribution in [2.75, 3.05) is 12.4 Å². The van der Waals surface area contributed by atoms with E-state index in [0.717, 1.165) is 0 Å². The Hall–Kier alpha value is -2.51. The summed E-state index contributed by atoms with van der Waals surface area (Å²) in [6, 6.07) is 8.67. The molecule has 0 aliphatic heterocycles. The highest BCUT2D eigenvalue weighted by Crippen LogP contribution is 2.33. The minimum absolute atomic E-state index is 0.0737. The number of nitrogens with one attached hydrogen (secondary N) is 1. The predicted molar refractivity (Wildman–Crippen MR) is 94.8 cm³/mol. The zero-order valence-corrected chi connectivity index (χ0v) is 14.8. The Balaban J connectivity index is 2.18. The number of carbonyl (C=O) groups is 1. The van der Waals surface area contributed by atoms with Crippen LogP contribution in [0.1, 0.15) is 6.92 Å². The van der Waals surface area contributed by atoms with E-state index in [1.165, 1.54) is 32.2 Å². The van der Waals surface area contributed by atoms with Crippen molar-refractivity contribution >= 4 is 40.5 Å². The number of nitrogens with zero attached hydrogens (tertiary/aromatic N) is 1. The number of methoxy groups -OCH3 is 1. The predicted octanol–water partition coefficient (Wildman–Crippen LogP) is 4.32. The summed E-state index contributed by atoms with van der Waals surface area (Å²) in [5.74, 6) is -0.186. The van der Waals surface area contributed by atoms with Gasteiger partial charge in [-0.25, -0.2) is 0 Å². The first-order chi connectivity index (χ1) is 11.8. The van der Waals surface area contributed by atoms with Gasteiger partial charge < -0.3 is 14.8 Å². The number of halogens is 2. The van der Waals surface area contributed by atoms with Gasteiger partial charge >= 0.3 is 0 Å². The molecule has 0 unspecified atom stereocenters. The summed E-state index contributed by atoms with van der Waals surface area (Å²) in [7, 11) is 1.39. The van der Waals surface area contributed by atoms with E-state index < -0.39 is 16.9 Å². The molecule has 0 radical (unpaired) electrons. The van der Waals surface area contributed by atoms with E-state index in [9.17, 15) is 14.9 Å². The van der Waals surface area contributed by atoms with Gasteiger partial charge in [-0.2, -0.15) is 0 Å². The number of hydrogen-bond acceptors (Lipinski definition) is 5. The summed E-state index contributed by atoms with van der Waals surface area (Å²) < 4.78 is 10.6. The molecule has 1 amide bonds. The van der Waals surface area contributed by atoms with Crippen LogP contribution in [0.25, 0.3) is 0 Å². The second-order valence-electron chi connectivity index (χ2n) is 4.94. The number of amides is 1. The largest absolute Gasteiger partial charge is 0.493 e. The Morgan fingerprint density at radius 2 is 1.84 bits per heavy atom. The van der Waals surface area contributed by atoms with E-state index in [1.54, 1.807) is 18.2 Å². The molecular formula is C16H14Cl2N2O5. The number of anilines is 1. The lowest BCUT2D eigenvalue weighted by atomic mass is 10.2. The third-order valence-corrected chi connectivity index (χ3v) is 3.87. The molecule has 9 heteroatoms. The van der Waals surface area contributed by atoms with Crippen molar-refractivity contribution in [3.8, 4) is 11.5 Å². The Kier molecular flexibility index (Phi) is 6.06. The average Bonchev–Trinajstić information content (AvgIpc) is 2.57. The number of rotatable bonds is 6. The average molecular weight is 385 g/mol. The van der Waals surface area contributed by atoms with Crippen LogP contribution in [0, 0.1) is 10.1 Å². The molecule has 0 heterocycles. The van der Waals surface area contributed by atoms with Crippen LogP contribution in [0.2, 0.25) is 10.0 Å². The van der Waals surface area contributed by atoms with Crippen molar-refractivity contribution in [1.29, 1.82) is 0 Å². The highest BCUT2D eigenvalue weighted by molar-refractivity contribution is 6.39. The fourth-order valence-electron chi connectivity index (χ4n) is 1.96. The number of benzene rings is 2. The van der Waals surface area contributed by atoms with E-state index in [0.29, 0.717) is 0 Å². The van der Waals surface area contributed by atoms with E-state index in [1.807, 2.05) is 0 Å². The fraction of sp³-hybridized carbons (Fsp3) is 0.188. The number of carbonyl (C=O) groups excluding carboxylic acids is 1. The molecule has 0 bridgehead atoms. The SMILES string of the molecule is COc1ccc([N+](=O)[O-])cc1O[C@H](C)C(=O)Nc1c(Cl)cccc1Cl. The maximum atomic E-state index is 12.3. The number of ether oxygens (including phenoxy) is 2. The molecule has 0 aliphatic carbocycles. The van der Waals surface area contributed by atoms with Crippen LogP contribution in [0.4, 0.5) is 11.4 Å². The number of para-hydroxylation sites is 1. The third-order valence-electron chi connectivity index (χ3n) is 3.24. The second-order valence-corrected chi connectivity index (χ2v) is 5.75. The maximum absolute atomic E-state index is 12.3. The molecular weight excluding hydrogens is 371 g/mol. The first-order valence-corrected chi connectivity index (χ1v) is 7.83. The topological polar surface area (TPSA) is 90.7 Å². The molecule has 0 saturated carbocycles. The van der Waals surface area contributed by atoms with Crippen molar-refractivity contribution in [1.82, 2.24) is 0 Å². The molecule has 0 saturated heterocycles. The molecule has 1 atom stereocenters. The van der Waals surface area contributed by atoms with Gasteiger partial charge in [0.1, 0.15) is 0 Å². The van der Waals surface area contributed by atoms with Gasteiger partial charge in [0.2, 0.25) is 0 Å². The quantitative estimate of drug-likeness (QED) is 0.591. The van der Waals surface area contributed by atoms with E-state index in [-0.39, 0.29) is 32.9 Å². The normalized spacial score (nSPS) is 11.5. The first-order valence-electron chi connectivity index (χ1n) is 7.07. The lowest BCUT2D eigenvalue weighted by molar-refractivity contribution is -0.385. The van der Waals surface area contributed by atoms with Crippen LogP contribution in [-0.2, 0) is 4.79 Å². The molecule has 132 valence electrons. The Morgan fingerprint density at radius 1 is 1.20 bits per heavy atom. The molecule has 0 aromatic heterocycles. The zero-order valence-electron chi connectivity index (χ0n) is 13.3. The molecule has 0 spiro atoms. The van der Waals surface area contributed by atoms with Gasteiger partial charge in [-0.15, -0.1) is 0 Å². The minimum Gasteiger partial charge on any atom is -0.493 e. The number of nitro benzene ring substituents is 1. The molecule has 2 aromatic rings. The monoisotopic (exact) mass is 384 g/mol. The van der Waals surface area contributed by atoms with E-state index in [4.69, 9.17) is 32.7 Å². The smallest absolute Gasteiger partial charge is 0.273 e.